The number of nitrogens with zero attached hydrogens (tertiary/aromatic N) is 1. The Morgan fingerprint density at radius 1 is 1.07 bits per heavy atom. The van der Waals surface area contributed by atoms with E-state index in [1.54, 1.807) is 17.8 Å². The van der Waals surface area contributed by atoms with Crippen LogP contribution < -0.4 is 9.62 Å². The molecule has 2 aromatic carbocycles. The predicted octanol–water partition coefficient (Wildman–Crippen LogP) is 3.69. The van der Waals surface area contributed by atoms with Gasteiger partial charge in [-0.3, -0.25) is 9.10 Å². The average molecular weight is 443 g/mol. The molecule has 1 aromatic heterocycles. The molecule has 0 spiro atoms. The number of benzene rings is 2. The summed E-state index contributed by atoms with van der Waals surface area (Å²) >= 11 is 1.61. The number of fused-ring (bicyclic) bond motifs is 1. The van der Waals surface area contributed by atoms with Crippen LogP contribution in [0.2, 0.25) is 0 Å². The van der Waals surface area contributed by atoms with Crippen LogP contribution in [0, 0.1) is 0 Å². The molecule has 0 aliphatic carbocycles. The summed E-state index contributed by atoms with van der Waals surface area (Å²) in [6.45, 7) is 0.459. The molecule has 1 aliphatic heterocycles. The van der Waals surface area contributed by atoms with Gasteiger partial charge in [-0.15, -0.1) is 11.8 Å². The number of carbonyl (C=O) groups excluding carboxylic acids is 1. The minimum Gasteiger partial charge on any atom is -0.459 e. The fourth-order valence-corrected chi connectivity index (χ4v) is 5.73. The van der Waals surface area contributed by atoms with Gasteiger partial charge in [-0.2, -0.15) is 0 Å². The summed E-state index contributed by atoms with van der Waals surface area (Å²) in [5.74, 6) is 0.247. The largest absolute Gasteiger partial charge is 0.459 e. The quantitative estimate of drug-likeness (QED) is 0.538. The number of rotatable bonds is 8. The smallest absolute Gasteiger partial charge is 0.287 e. The van der Waals surface area contributed by atoms with Crippen LogP contribution in [-0.4, -0.2) is 33.2 Å². The van der Waals surface area contributed by atoms with Crippen LogP contribution in [0.15, 0.2) is 76.2 Å². The molecule has 1 aliphatic rings. The topological polar surface area (TPSA) is 79.6 Å². The third kappa shape index (κ3) is 4.55. The lowest BCUT2D eigenvalue weighted by Gasteiger charge is -2.19. The maximum Gasteiger partial charge on any atom is 0.287 e. The van der Waals surface area contributed by atoms with E-state index in [9.17, 15) is 13.2 Å². The van der Waals surface area contributed by atoms with Gasteiger partial charge in [0.2, 0.25) is 10.0 Å². The molecule has 2 heterocycles. The van der Waals surface area contributed by atoms with Crippen LogP contribution >= 0.6 is 11.8 Å². The molecule has 3 aromatic rings. The van der Waals surface area contributed by atoms with Crippen LogP contribution in [-0.2, 0) is 22.2 Å². The second-order valence-corrected chi connectivity index (χ2v) is 9.96. The molecule has 1 N–H and O–H groups in total. The Kier molecular flexibility index (Phi) is 6.15. The minimum atomic E-state index is -3.51. The number of amides is 1. The Morgan fingerprint density at radius 3 is 2.67 bits per heavy atom. The minimum absolute atomic E-state index is 0.0196. The number of hydrogen-bond acceptors (Lipinski definition) is 5. The average Bonchev–Trinajstić information content (AvgIpc) is 3.40. The molecule has 30 heavy (non-hydrogen) atoms. The van der Waals surface area contributed by atoms with E-state index in [-0.39, 0.29) is 18.1 Å². The van der Waals surface area contributed by atoms with Crippen LogP contribution in [0.4, 0.5) is 5.69 Å². The molecular weight excluding hydrogens is 420 g/mol. The van der Waals surface area contributed by atoms with Crippen LogP contribution in [0.5, 0.6) is 0 Å². The van der Waals surface area contributed by atoms with Gasteiger partial charge in [0.1, 0.15) is 0 Å². The molecule has 8 heteroatoms. The van der Waals surface area contributed by atoms with E-state index in [4.69, 9.17) is 4.42 Å². The summed E-state index contributed by atoms with van der Waals surface area (Å²) in [7, 11) is -3.51. The lowest BCUT2D eigenvalue weighted by Crippen LogP contribution is -2.37. The lowest BCUT2D eigenvalue weighted by molar-refractivity contribution is 0.0927. The second kappa shape index (κ2) is 8.97. The Hall–Kier alpha value is -2.71. The van der Waals surface area contributed by atoms with E-state index in [0.717, 1.165) is 21.7 Å². The van der Waals surface area contributed by atoms with Crippen LogP contribution in [0.25, 0.3) is 0 Å². The van der Waals surface area contributed by atoms with Crippen molar-refractivity contribution in [1.29, 1.82) is 0 Å². The molecule has 0 radical (unpaired) electrons. The molecule has 0 saturated heterocycles. The van der Waals surface area contributed by atoms with Gasteiger partial charge in [-0.05, 0) is 36.2 Å². The van der Waals surface area contributed by atoms with E-state index in [1.807, 2.05) is 54.6 Å². The van der Waals surface area contributed by atoms with E-state index in [2.05, 4.69) is 5.32 Å². The highest BCUT2D eigenvalue weighted by atomic mass is 32.2. The van der Waals surface area contributed by atoms with Crippen molar-refractivity contribution >= 4 is 33.4 Å². The first kappa shape index (κ1) is 20.6. The van der Waals surface area contributed by atoms with E-state index < -0.39 is 15.9 Å². The SMILES string of the molecule is O=C(NCCS(=O)(=O)N1CCc2ccccc21)c1occc1CSc1ccccc1. The third-order valence-corrected chi connectivity index (χ3v) is 7.75. The van der Waals surface area contributed by atoms with Crippen molar-refractivity contribution in [2.75, 3.05) is 23.1 Å². The number of anilines is 1. The standard InChI is InChI=1S/C22H22N2O4S2/c25-22(21-18(11-14-28-21)16-29-19-7-2-1-3-8-19)23-12-15-30(26,27)24-13-10-17-6-4-5-9-20(17)24/h1-9,11,14H,10,12-13,15-16H2,(H,23,25). The second-order valence-electron chi connectivity index (χ2n) is 6.90. The molecule has 1 amide bonds. The zero-order valence-corrected chi connectivity index (χ0v) is 17.9. The first-order chi connectivity index (χ1) is 14.5. The lowest BCUT2D eigenvalue weighted by atomic mass is 10.2. The molecule has 4 rings (SSSR count). The van der Waals surface area contributed by atoms with Crippen LogP contribution in [0.3, 0.4) is 0 Å². The number of sulfonamides is 1. The van der Waals surface area contributed by atoms with Crippen molar-refractivity contribution in [3.8, 4) is 0 Å². The van der Waals surface area contributed by atoms with Gasteiger partial charge in [0.15, 0.2) is 5.76 Å². The summed E-state index contributed by atoms with van der Waals surface area (Å²) < 4.78 is 32.3. The van der Waals surface area contributed by atoms with Crippen molar-refractivity contribution < 1.29 is 17.6 Å². The number of carbonyl (C=O) groups is 1. The summed E-state index contributed by atoms with van der Waals surface area (Å²) in [5, 5.41) is 2.68. The zero-order valence-electron chi connectivity index (χ0n) is 16.3. The Balaban J connectivity index is 1.33. The summed E-state index contributed by atoms with van der Waals surface area (Å²) in [4.78, 5) is 13.6. The first-order valence-electron chi connectivity index (χ1n) is 9.65. The molecular formula is C22H22N2O4S2. The Morgan fingerprint density at radius 2 is 1.83 bits per heavy atom. The normalized spacial score (nSPS) is 13.3. The van der Waals surface area contributed by atoms with E-state index in [1.165, 1.54) is 10.6 Å². The van der Waals surface area contributed by atoms with Gasteiger partial charge in [-0.1, -0.05) is 36.4 Å². The fraction of sp³-hybridized carbons (Fsp3) is 0.227. The Labute approximate surface area is 180 Å². The van der Waals surface area contributed by atoms with Crippen molar-refractivity contribution in [3.63, 3.8) is 0 Å². The van der Waals surface area contributed by atoms with E-state index >= 15 is 0 Å². The molecule has 6 nitrogen and oxygen atoms in total. The number of thioether (sulfide) groups is 1. The molecule has 0 atom stereocenters. The highest BCUT2D eigenvalue weighted by molar-refractivity contribution is 7.98. The van der Waals surface area contributed by atoms with Gasteiger partial charge in [0.05, 0.1) is 17.7 Å². The highest BCUT2D eigenvalue weighted by Gasteiger charge is 2.29. The van der Waals surface area contributed by atoms with Gasteiger partial charge in [0, 0.05) is 29.3 Å². The fourth-order valence-electron chi connectivity index (χ4n) is 3.41. The Bertz CT molecular complexity index is 1130. The number of furan rings is 1. The maximum absolute atomic E-state index is 12.7. The molecule has 156 valence electrons. The maximum atomic E-state index is 12.7. The predicted molar refractivity (Wildman–Crippen MR) is 118 cm³/mol. The van der Waals surface area contributed by atoms with Crippen molar-refractivity contribution in [2.24, 2.45) is 0 Å². The van der Waals surface area contributed by atoms with Crippen LogP contribution in [0.1, 0.15) is 21.7 Å². The number of hydrogen-bond donors (Lipinski definition) is 1. The molecule has 0 unspecified atom stereocenters. The summed E-state index contributed by atoms with van der Waals surface area (Å²) in [6, 6.07) is 19.2. The summed E-state index contributed by atoms with van der Waals surface area (Å²) in [5.41, 5.74) is 2.54. The van der Waals surface area contributed by atoms with E-state index in [0.29, 0.717) is 18.7 Å². The summed E-state index contributed by atoms with van der Waals surface area (Å²) in [6.07, 6.45) is 2.18. The first-order valence-corrected chi connectivity index (χ1v) is 12.2. The van der Waals surface area contributed by atoms with Crippen molar-refractivity contribution in [1.82, 2.24) is 5.32 Å². The zero-order chi connectivity index (χ0) is 21.0. The monoisotopic (exact) mass is 442 g/mol. The van der Waals surface area contributed by atoms with Gasteiger partial charge in [0.25, 0.3) is 5.91 Å². The third-order valence-electron chi connectivity index (χ3n) is 4.92. The van der Waals surface area contributed by atoms with Crippen molar-refractivity contribution in [2.45, 2.75) is 17.1 Å². The van der Waals surface area contributed by atoms with Gasteiger partial charge >= 0.3 is 0 Å². The highest BCUT2D eigenvalue weighted by Crippen LogP contribution is 2.30. The van der Waals surface area contributed by atoms with Crippen molar-refractivity contribution in [3.05, 3.63) is 83.8 Å². The van der Waals surface area contributed by atoms with Gasteiger partial charge in [-0.25, -0.2) is 8.42 Å². The number of para-hydroxylation sites is 1. The molecule has 0 saturated carbocycles. The van der Waals surface area contributed by atoms with Gasteiger partial charge < -0.3 is 9.73 Å². The molecule has 0 fully saturated rings. The number of nitrogens with one attached hydrogen (secondary N) is 1. The molecule has 0 bridgehead atoms.